The van der Waals surface area contributed by atoms with Gasteiger partial charge < -0.3 is 19.4 Å². The Morgan fingerprint density at radius 1 is 1.19 bits per heavy atom. The van der Waals surface area contributed by atoms with Crippen molar-refractivity contribution in [1.82, 2.24) is 9.97 Å². The number of nitrogens with zero attached hydrogens (tertiary/aromatic N) is 2. The molecule has 4 rings (SSSR count). The van der Waals surface area contributed by atoms with Crippen molar-refractivity contribution in [3.63, 3.8) is 0 Å². The molecule has 2 heterocycles. The molecule has 0 aliphatic carbocycles. The van der Waals surface area contributed by atoms with Crippen molar-refractivity contribution < 1.29 is 18.3 Å². The van der Waals surface area contributed by atoms with Gasteiger partial charge in [-0.25, -0.2) is 4.98 Å². The molecule has 0 spiro atoms. The number of anilines is 1. The van der Waals surface area contributed by atoms with Crippen LogP contribution in [0.2, 0.25) is 0 Å². The summed E-state index contributed by atoms with van der Waals surface area (Å²) < 4.78 is 34.6. The predicted molar refractivity (Wildman–Crippen MR) is 102 cm³/mol. The highest BCUT2D eigenvalue weighted by Crippen LogP contribution is 2.30. The molecule has 0 radical (unpaired) electrons. The van der Waals surface area contributed by atoms with Gasteiger partial charge in [0.1, 0.15) is 5.75 Å². The van der Waals surface area contributed by atoms with Gasteiger partial charge in [-0.15, -0.1) is 0 Å². The lowest BCUT2D eigenvalue weighted by Crippen LogP contribution is -2.36. The maximum atomic E-state index is 12.4. The average molecular weight is 391 g/mol. The molecule has 1 fully saturated rings. The van der Waals surface area contributed by atoms with Gasteiger partial charge in [0.15, 0.2) is 5.16 Å². The summed E-state index contributed by atoms with van der Waals surface area (Å²) in [7, 11) is 0. The van der Waals surface area contributed by atoms with Crippen LogP contribution in [0.5, 0.6) is 5.75 Å². The molecule has 0 saturated carbocycles. The van der Waals surface area contributed by atoms with E-state index in [1.807, 2.05) is 12.1 Å². The standard InChI is InChI=1S/C19H19F2N3O2S/c20-18(21)26-14-5-6-15-16(11-14)23-19(22-15)27-12-13-3-1-2-4-17(13)24-7-9-25-10-8-24/h1-6,11,18H,7-10,12H2,(H,22,23). The van der Waals surface area contributed by atoms with Gasteiger partial charge in [-0.05, 0) is 23.8 Å². The van der Waals surface area contributed by atoms with E-state index in [4.69, 9.17) is 4.74 Å². The number of morpholine rings is 1. The number of benzene rings is 2. The molecule has 1 saturated heterocycles. The molecule has 8 heteroatoms. The molecule has 3 aromatic rings. The zero-order valence-corrected chi connectivity index (χ0v) is 15.3. The largest absolute Gasteiger partial charge is 0.435 e. The highest BCUT2D eigenvalue weighted by molar-refractivity contribution is 7.98. The number of ether oxygens (including phenoxy) is 2. The van der Waals surface area contributed by atoms with Crippen molar-refractivity contribution in [2.24, 2.45) is 0 Å². The second-order valence-electron chi connectivity index (χ2n) is 6.12. The van der Waals surface area contributed by atoms with Crippen LogP contribution in [0, 0.1) is 0 Å². The van der Waals surface area contributed by atoms with Crippen LogP contribution in [-0.2, 0) is 10.5 Å². The quantitative estimate of drug-likeness (QED) is 0.635. The van der Waals surface area contributed by atoms with Crippen molar-refractivity contribution in [2.75, 3.05) is 31.2 Å². The van der Waals surface area contributed by atoms with Gasteiger partial charge in [-0.3, -0.25) is 0 Å². The normalized spacial score (nSPS) is 14.9. The van der Waals surface area contributed by atoms with Crippen molar-refractivity contribution in [2.45, 2.75) is 17.5 Å². The summed E-state index contributed by atoms with van der Waals surface area (Å²) in [5.74, 6) is 0.867. The van der Waals surface area contributed by atoms with Crippen LogP contribution in [0.25, 0.3) is 11.0 Å². The monoisotopic (exact) mass is 391 g/mol. The molecule has 1 aliphatic rings. The van der Waals surface area contributed by atoms with Gasteiger partial charge >= 0.3 is 6.61 Å². The number of hydrogen-bond donors (Lipinski definition) is 1. The number of H-pyrrole nitrogens is 1. The average Bonchev–Trinajstić information content (AvgIpc) is 3.09. The molecule has 1 aromatic heterocycles. The highest BCUT2D eigenvalue weighted by atomic mass is 32.2. The molecular weight excluding hydrogens is 372 g/mol. The van der Waals surface area contributed by atoms with Gasteiger partial charge in [0.05, 0.1) is 24.2 Å². The summed E-state index contributed by atoms with van der Waals surface area (Å²) in [4.78, 5) is 10.0. The third-order valence-electron chi connectivity index (χ3n) is 4.37. The minimum absolute atomic E-state index is 0.109. The van der Waals surface area contributed by atoms with E-state index >= 15 is 0 Å². The van der Waals surface area contributed by atoms with E-state index in [2.05, 4.69) is 31.7 Å². The zero-order valence-electron chi connectivity index (χ0n) is 14.5. The second kappa shape index (κ2) is 8.14. The van der Waals surface area contributed by atoms with Gasteiger partial charge in [0, 0.05) is 30.6 Å². The Morgan fingerprint density at radius 2 is 2.00 bits per heavy atom. The van der Waals surface area contributed by atoms with Crippen molar-refractivity contribution in [1.29, 1.82) is 0 Å². The lowest BCUT2D eigenvalue weighted by molar-refractivity contribution is -0.0497. The lowest BCUT2D eigenvalue weighted by atomic mass is 10.1. The summed E-state index contributed by atoms with van der Waals surface area (Å²) in [6.45, 7) is 0.424. The zero-order chi connectivity index (χ0) is 18.6. The van der Waals surface area contributed by atoms with E-state index in [0.717, 1.165) is 42.7 Å². The SMILES string of the molecule is FC(F)Oc1ccc2[nH]c(SCc3ccccc3N3CCOCC3)nc2c1. The van der Waals surface area contributed by atoms with E-state index < -0.39 is 6.61 Å². The molecule has 1 aliphatic heterocycles. The lowest BCUT2D eigenvalue weighted by Gasteiger charge is -2.30. The van der Waals surface area contributed by atoms with Gasteiger partial charge in [0.2, 0.25) is 0 Å². The van der Waals surface area contributed by atoms with Gasteiger partial charge in [-0.2, -0.15) is 8.78 Å². The highest BCUT2D eigenvalue weighted by Gasteiger charge is 2.15. The van der Waals surface area contributed by atoms with Crippen LogP contribution in [0.1, 0.15) is 5.56 Å². The fourth-order valence-electron chi connectivity index (χ4n) is 3.10. The fourth-order valence-corrected chi connectivity index (χ4v) is 3.98. The summed E-state index contributed by atoms with van der Waals surface area (Å²) in [6, 6.07) is 13.1. The first-order valence-corrected chi connectivity index (χ1v) is 9.65. The second-order valence-corrected chi connectivity index (χ2v) is 7.08. The Morgan fingerprint density at radius 3 is 2.81 bits per heavy atom. The summed E-state index contributed by atoms with van der Waals surface area (Å²) in [5, 5.41) is 0.746. The first-order chi connectivity index (χ1) is 13.2. The van der Waals surface area contributed by atoms with Crippen molar-refractivity contribution in [3.05, 3.63) is 48.0 Å². The van der Waals surface area contributed by atoms with Crippen LogP contribution in [0.15, 0.2) is 47.6 Å². The van der Waals surface area contributed by atoms with E-state index in [0.29, 0.717) is 5.52 Å². The Kier molecular flexibility index (Phi) is 5.45. The fraction of sp³-hybridized carbons (Fsp3) is 0.316. The predicted octanol–water partition coefficient (Wildman–Crippen LogP) is 4.29. The number of nitrogens with one attached hydrogen (secondary N) is 1. The Labute approximate surface area is 159 Å². The summed E-state index contributed by atoms with van der Waals surface area (Å²) in [6.07, 6.45) is 0. The van der Waals surface area contributed by atoms with Gasteiger partial charge in [0.25, 0.3) is 0 Å². The molecule has 0 atom stereocenters. The molecule has 142 valence electrons. The number of hydrogen-bond acceptors (Lipinski definition) is 5. The Bertz CT molecular complexity index is 913. The van der Waals surface area contributed by atoms with Crippen molar-refractivity contribution >= 4 is 28.5 Å². The summed E-state index contributed by atoms with van der Waals surface area (Å²) >= 11 is 1.58. The number of thioether (sulfide) groups is 1. The Balaban J connectivity index is 1.48. The van der Waals surface area contributed by atoms with Crippen LogP contribution >= 0.6 is 11.8 Å². The van der Waals surface area contributed by atoms with Crippen LogP contribution in [0.3, 0.4) is 0 Å². The molecule has 1 N–H and O–H groups in total. The third kappa shape index (κ3) is 4.33. The molecule has 27 heavy (non-hydrogen) atoms. The number of rotatable bonds is 6. The molecule has 2 aromatic carbocycles. The topological polar surface area (TPSA) is 50.4 Å². The molecule has 0 bridgehead atoms. The van der Waals surface area contributed by atoms with Crippen LogP contribution < -0.4 is 9.64 Å². The number of imidazole rings is 1. The van der Waals surface area contributed by atoms with Gasteiger partial charge in [-0.1, -0.05) is 30.0 Å². The minimum Gasteiger partial charge on any atom is -0.435 e. The Hall–Kier alpha value is -2.32. The third-order valence-corrected chi connectivity index (χ3v) is 5.29. The van der Waals surface area contributed by atoms with E-state index in [9.17, 15) is 8.78 Å². The van der Waals surface area contributed by atoms with E-state index in [1.54, 1.807) is 17.8 Å². The molecule has 5 nitrogen and oxygen atoms in total. The van der Waals surface area contributed by atoms with E-state index in [-0.39, 0.29) is 5.75 Å². The maximum absolute atomic E-state index is 12.4. The first kappa shape index (κ1) is 18.1. The molecule has 0 unspecified atom stereocenters. The number of para-hydroxylation sites is 1. The maximum Gasteiger partial charge on any atom is 0.387 e. The number of halogens is 2. The van der Waals surface area contributed by atoms with Crippen LogP contribution in [-0.4, -0.2) is 42.9 Å². The number of fused-ring (bicyclic) bond motifs is 1. The van der Waals surface area contributed by atoms with E-state index in [1.165, 1.54) is 23.4 Å². The smallest absolute Gasteiger partial charge is 0.387 e. The number of aromatic amines is 1. The van der Waals surface area contributed by atoms with Crippen molar-refractivity contribution in [3.8, 4) is 5.75 Å². The molecule has 0 amide bonds. The summed E-state index contributed by atoms with van der Waals surface area (Å²) in [5.41, 5.74) is 3.85. The van der Waals surface area contributed by atoms with Crippen LogP contribution in [0.4, 0.5) is 14.5 Å². The first-order valence-electron chi connectivity index (χ1n) is 8.67. The number of aromatic nitrogens is 2. The number of alkyl halides is 2. The minimum atomic E-state index is -2.84. The molecular formula is C19H19F2N3O2S.